The third-order valence-electron chi connectivity index (χ3n) is 2.50. The van der Waals surface area contributed by atoms with Crippen LogP contribution in [0.25, 0.3) is 0 Å². The molecular formula is C9H19N3O. The Labute approximate surface area is 79.5 Å². The highest BCUT2D eigenvalue weighted by Gasteiger charge is 2.16. The minimum Gasteiger partial charge on any atom is -0.355 e. The van der Waals surface area contributed by atoms with Gasteiger partial charge in [-0.25, -0.2) is 0 Å². The first-order chi connectivity index (χ1) is 6.22. The molecule has 0 aromatic rings. The predicted octanol–water partition coefficient (Wildman–Crippen LogP) is -0.597. The van der Waals surface area contributed by atoms with Crippen LogP contribution in [-0.2, 0) is 4.79 Å². The van der Waals surface area contributed by atoms with E-state index < -0.39 is 0 Å². The van der Waals surface area contributed by atoms with Crippen LogP contribution in [-0.4, -0.2) is 44.0 Å². The van der Waals surface area contributed by atoms with Gasteiger partial charge in [0.15, 0.2) is 0 Å². The lowest BCUT2D eigenvalue weighted by Crippen LogP contribution is -2.40. The monoisotopic (exact) mass is 185 g/mol. The molecular weight excluding hydrogens is 166 g/mol. The lowest BCUT2D eigenvalue weighted by atomic mass is 9.98. The van der Waals surface area contributed by atoms with Crippen molar-refractivity contribution < 1.29 is 4.79 Å². The molecule has 0 spiro atoms. The molecule has 4 nitrogen and oxygen atoms in total. The SMILES string of the molecule is CN1CCCC(CNC(=O)CN)C1. The molecule has 0 bridgehead atoms. The molecule has 1 saturated heterocycles. The number of nitrogens with one attached hydrogen (secondary N) is 1. The van der Waals surface area contributed by atoms with Crippen molar-refractivity contribution in [1.82, 2.24) is 10.2 Å². The van der Waals surface area contributed by atoms with E-state index in [1.165, 1.54) is 19.4 Å². The lowest BCUT2D eigenvalue weighted by molar-refractivity contribution is -0.120. The van der Waals surface area contributed by atoms with Gasteiger partial charge >= 0.3 is 0 Å². The maximum Gasteiger partial charge on any atom is 0.233 e. The van der Waals surface area contributed by atoms with Crippen LogP contribution in [0.15, 0.2) is 0 Å². The molecule has 0 saturated carbocycles. The van der Waals surface area contributed by atoms with Crippen molar-refractivity contribution in [2.75, 3.05) is 33.2 Å². The molecule has 1 amide bonds. The van der Waals surface area contributed by atoms with Gasteiger partial charge in [0.05, 0.1) is 6.54 Å². The van der Waals surface area contributed by atoms with E-state index in [2.05, 4.69) is 17.3 Å². The molecule has 1 aliphatic rings. The van der Waals surface area contributed by atoms with Gasteiger partial charge in [-0.2, -0.15) is 0 Å². The summed E-state index contributed by atoms with van der Waals surface area (Å²) in [5, 5.41) is 2.83. The summed E-state index contributed by atoms with van der Waals surface area (Å²) in [7, 11) is 2.12. The Morgan fingerprint density at radius 3 is 3.08 bits per heavy atom. The first-order valence-electron chi connectivity index (χ1n) is 4.87. The molecule has 0 aromatic carbocycles. The topological polar surface area (TPSA) is 58.4 Å². The van der Waals surface area contributed by atoms with E-state index in [1.54, 1.807) is 0 Å². The van der Waals surface area contributed by atoms with E-state index in [4.69, 9.17) is 5.73 Å². The number of carbonyl (C=O) groups excluding carboxylic acids is 1. The normalized spacial score (nSPS) is 24.3. The third-order valence-corrected chi connectivity index (χ3v) is 2.50. The Balaban J connectivity index is 2.17. The Bertz CT molecular complexity index is 172. The molecule has 76 valence electrons. The van der Waals surface area contributed by atoms with Gasteiger partial charge in [-0.15, -0.1) is 0 Å². The van der Waals surface area contributed by atoms with Gasteiger partial charge in [0.2, 0.25) is 5.91 Å². The number of hydrogen-bond acceptors (Lipinski definition) is 3. The number of likely N-dealkylation sites (tertiary alicyclic amines) is 1. The van der Waals surface area contributed by atoms with Gasteiger partial charge in [-0.05, 0) is 32.4 Å². The van der Waals surface area contributed by atoms with Crippen molar-refractivity contribution in [2.45, 2.75) is 12.8 Å². The fourth-order valence-corrected chi connectivity index (χ4v) is 1.77. The fourth-order valence-electron chi connectivity index (χ4n) is 1.77. The number of amides is 1. The summed E-state index contributed by atoms with van der Waals surface area (Å²) < 4.78 is 0. The average Bonchev–Trinajstić information content (AvgIpc) is 2.14. The number of carbonyl (C=O) groups is 1. The summed E-state index contributed by atoms with van der Waals surface area (Å²) in [5.74, 6) is 0.558. The zero-order chi connectivity index (χ0) is 9.68. The first-order valence-corrected chi connectivity index (χ1v) is 4.87. The van der Waals surface area contributed by atoms with Crippen LogP contribution in [0.3, 0.4) is 0 Å². The maximum absolute atomic E-state index is 10.9. The first kappa shape index (κ1) is 10.5. The van der Waals surface area contributed by atoms with Crippen molar-refractivity contribution in [3.8, 4) is 0 Å². The fraction of sp³-hybridized carbons (Fsp3) is 0.889. The smallest absolute Gasteiger partial charge is 0.233 e. The highest BCUT2D eigenvalue weighted by Crippen LogP contribution is 2.13. The van der Waals surface area contributed by atoms with Gasteiger partial charge < -0.3 is 16.0 Å². The largest absolute Gasteiger partial charge is 0.355 e. The molecule has 1 unspecified atom stereocenters. The van der Waals surface area contributed by atoms with Crippen LogP contribution in [0.2, 0.25) is 0 Å². The lowest BCUT2D eigenvalue weighted by Gasteiger charge is -2.29. The van der Waals surface area contributed by atoms with Crippen LogP contribution in [0.4, 0.5) is 0 Å². The highest BCUT2D eigenvalue weighted by atomic mass is 16.1. The molecule has 3 N–H and O–H groups in total. The third kappa shape index (κ3) is 3.74. The zero-order valence-electron chi connectivity index (χ0n) is 8.25. The molecule has 1 aliphatic heterocycles. The van der Waals surface area contributed by atoms with Gasteiger partial charge in [0.25, 0.3) is 0 Å². The molecule has 0 radical (unpaired) electrons. The second-order valence-corrected chi connectivity index (χ2v) is 3.78. The minimum absolute atomic E-state index is 0.0479. The summed E-state index contributed by atoms with van der Waals surface area (Å²) in [6, 6.07) is 0. The molecule has 0 aliphatic carbocycles. The average molecular weight is 185 g/mol. The maximum atomic E-state index is 10.9. The Kier molecular flexibility index (Phi) is 4.18. The van der Waals surface area contributed by atoms with E-state index in [0.29, 0.717) is 5.92 Å². The molecule has 1 heterocycles. The molecule has 1 rings (SSSR count). The van der Waals surface area contributed by atoms with E-state index in [0.717, 1.165) is 13.1 Å². The van der Waals surface area contributed by atoms with Crippen molar-refractivity contribution >= 4 is 5.91 Å². The Morgan fingerprint density at radius 2 is 2.46 bits per heavy atom. The van der Waals surface area contributed by atoms with E-state index in [1.807, 2.05) is 0 Å². The quantitative estimate of drug-likeness (QED) is 0.617. The number of rotatable bonds is 3. The van der Waals surface area contributed by atoms with E-state index in [-0.39, 0.29) is 12.5 Å². The van der Waals surface area contributed by atoms with Crippen molar-refractivity contribution in [3.05, 3.63) is 0 Å². The van der Waals surface area contributed by atoms with Crippen molar-refractivity contribution in [2.24, 2.45) is 11.7 Å². The summed E-state index contributed by atoms with van der Waals surface area (Å²) in [5.41, 5.74) is 5.19. The Morgan fingerprint density at radius 1 is 1.69 bits per heavy atom. The summed E-state index contributed by atoms with van der Waals surface area (Å²) in [6.45, 7) is 3.15. The summed E-state index contributed by atoms with van der Waals surface area (Å²) >= 11 is 0. The minimum atomic E-state index is -0.0479. The molecule has 1 atom stereocenters. The number of hydrogen-bond donors (Lipinski definition) is 2. The van der Waals surface area contributed by atoms with Crippen LogP contribution in [0.5, 0.6) is 0 Å². The number of piperidine rings is 1. The van der Waals surface area contributed by atoms with Crippen molar-refractivity contribution in [3.63, 3.8) is 0 Å². The standard InChI is InChI=1S/C9H19N3O/c1-12-4-2-3-8(7-12)6-11-9(13)5-10/h8H,2-7,10H2,1H3,(H,11,13). The van der Waals surface area contributed by atoms with Crippen LogP contribution in [0, 0.1) is 5.92 Å². The molecule has 1 fully saturated rings. The van der Waals surface area contributed by atoms with Crippen LogP contribution in [0.1, 0.15) is 12.8 Å². The van der Waals surface area contributed by atoms with Gasteiger partial charge in [-0.3, -0.25) is 4.79 Å². The van der Waals surface area contributed by atoms with E-state index in [9.17, 15) is 4.79 Å². The number of nitrogens with zero attached hydrogens (tertiary/aromatic N) is 1. The second kappa shape index (κ2) is 5.19. The van der Waals surface area contributed by atoms with Gasteiger partial charge in [0.1, 0.15) is 0 Å². The van der Waals surface area contributed by atoms with Crippen molar-refractivity contribution in [1.29, 1.82) is 0 Å². The zero-order valence-corrected chi connectivity index (χ0v) is 8.25. The molecule has 4 heteroatoms. The molecule has 13 heavy (non-hydrogen) atoms. The second-order valence-electron chi connectivity index (χ2n) is 3.78. The van der Waals surface area contributed by atoms with E-state index >= 15 is 0 Å². The number of nitrogens with two attached hydrogens (primary N) is 1. The highest BCUT2D eigenvalue weighted by molar-refractivity contribution is 5.77. The molecule has 0 aromatic heterocycles. The van der Waals surface area contributed by atoms with Crippen LogP contribution < -0.4 is 11.1 Å². The van der Waals surface area contributed by atoms with Gasteiger partial charge in [-0.1, -0.05) is 0 Å². The van der Waals surface area contributed by atoms with Crippen LogP contribution >= 0.6 is 0 Å². The predicted molar refractivity (Wildman–Crippen MR) is 52.3 cm³/mol. The Hall–Kier alpha value is -0.610. The summed E-state index contributed by atoms with van der Waals surface area (Å²) in [4.78, 5) is 13.2. The van der Waals surface area contributed by atoms with Gasteiger partial charge in [0, 0.05) is 13.1 Å². The summed E-state index contributed by atoms with van der Waals surface area (Å²) in [6.07, 6.45) is 2.45.